The van der Waals surface area contributed by atoms with Crippen molar-refractivity contribution in [2.45, 2.75) is 0 Å². The van der Waals surface area contributed by atoms with Crippen LogP contribution < -0.4 is 9.80 Å². The summed E-state index contributed by atoms with van der Waals surface area (Å²) >= 11 is 0. The molecule has 0 unspecified atom stereocenters. The number of benzene rings is 1. The lowest BCUT2D eigenvalue weighted by Crippen LogP contribution is -2.27. The predicted molar refractivity (Wildman–Crippen MR) is 76.7 cm³/mol. The van der Waals surface area contributed by atoms with Crippen LogP contribution in [0.1, 0.15) is 0 Å². The Labute approximate surface area is 110 Å². The van der Waals surface area contributed by atoms with Crippen LogP contribution in [0.5, 0.6) is 0 Å². The highest BCUT2D eigenvalue weighted by atomic mass is 16.5. The molecule has 0 aromatic heterocycles. The van der Waals surface area contributed by atoms with E-state index in [0.29, 0.717) is 0 Å². The molecule has 0 N–H and O–H groups in total. The summed E-state index contributed by atoms with van der Waals surface area (Å²) in [5.41, 5.74) is 2.43. The lowest BCUT2D eigenvalue weighted by Gasteiger charge is -2.27. The van der Waals surface area contributed by atoms with Crippen LogP contribution in [0.3, 0.4) is 0 Å². The minimum atomic E-state index is 0.729. The van der Waals surface area contributed by atoms with E-state index < -0.39 is 0 Å². The molecule has 0 amide bonds. The van der Waals surface area contributed by atoms with Gasteiger partial charge in [-0.15, -0.1) is 0 Å². The number of anilines is 2. The van der Waals surface area contributed by atoms with Gasteiger partial charge in [0.1, 0.15) is 0 Å². The molecule has 0 aliphatic carbocycles. The van der Waals surface area contributed by atoms with Crippen molar-refractivity contribution in [2.24, 2.45) is 0 Å². The number of para-hydroxylation sites is 2. The topological polar surface area (TPSA) is 24.9 Å². The second kappa shape index (κ2) is 7.95. The summed E-state index contributed by atoms with van der Waals surface area (Å²) in [7, 11) is 7.62. The highest BCUT2D eigenvalue weighted by molar-refractivity contribution is 5.70. The van der Waals surface area contributed by atoms with Crippen molar-refractivity contribution in [3.63, 3.8) is 0 Å². The van der Waals surface area contributed by atoms with Gasteiger partial charge in [0.15, 0.2) is 0 Å². The van der Waals surface area contributed by atoms with Gasteiger partial charge in [-0.1, -0.05) is 12.1 Å². The standard InChI is InChI=1S/C14H24N2O2/c1-15(9-11-17-3)13-7-5-6-8-14(13)16(2)10-12-18-4/h5-8H,9-12H2,1-4H3. The van der Waals surface area contributed by atoms with Gasteiger partial charge in [0, 0.05) is 41.4 Å². The molecule has 1 aromatic carbocycles. The molecule has 18 heavy (non-hydrogen) atoms. The van der Waals surface area contributed by atoms with Gasteiger partial charge >= 0.3 is 0 Å². The molecule has 1 rings (SSSR count). The summed E-state index contributed by atoms with van der Waals surface area (Å²) in [5, 5.41) is 0. The number of nitrogens with zero attached hydrogens (tertiary/aromatic N) is 2. The normalized spacial score (nSPS) is 10.4. The maximum Gasteiger partial charge on any atom is 0.0637 e. The van der Waals surface area contributed by atoms with Gasteiger partial charge in [-0.2, -0.15) is 0 Å². The zero-order valence-corrected chi connectivity index (χ0v) is 11.8. The number of ether oxygens (including phenoxy) is 2. The molecule has 0 radical (unpaired) electrons. The number of rotatable bonds is 8. The molecule has 1 aromatic rings. The van der Waals surface area contributed by atoms with Crippen molar-refractivity contribution in [3.05, 3.63) is 24.3 Å². The Morgan fingerprint density at radius 3 is 1.56 bits per heavy atom. The third-order valence-electron chi connectivity index (χ3n) is 2.97. The molecule has 0 saturated carbocycles. The Kier molecular flexibility index (Phi) is 6.54. The summed E-state index contributed by atoms with van der Waals surface area (Å²) < 4.78 is 10.2. The molecule has 4 nitrogen and oxygen atoms in total. The SMILES string of the molecule is COCCN(C)c1ccccc1N(C)CCOC. The van der Waals surface area contributed by atoms with Crippen molar-refractivity contribution in [1.82, 2.24) is 0 Å². The zero-order chi connectivity index (χ0) is 13.4. The maximum absolute atomic E-state index is 5.12. The van der Waals surface area contributed by atoms with Crippen LogP contribution in [0, 0.1) is 0 Å². The van der Waals surface area contributed by atoms with E-state index in [4.69, 9.17) is 9.47 Å². The van der Waals surface area contributed by atoms with Crippen molar-refractivity contribution in [3.8, 4) is 0 Å². The lowest BCUT2D eigenvalue weighted by molar-refractivity contribution is 0.205. The van der Waals surface area contributed by atoms with Gasteiger partial charge < -0.3 is 19.3 Å². The maximum atomic E-state index is 5.12. The van der Waals surface area contributed by atoms with Gasteiger partial charge in [0.05, 0.1) is 24.6 Å². The van der Waals surface area contributed by atoms with Crippen molar-refractivity contribution in [1.29, 1.82) is 0 Å². The molecule has 0 spiro atoms. The monoisotopic (exact) mass is 252 g/mol. The smallest absolute Gasteiger partial charge is 0.0637 e. The molecular formula is C14H24N2O2. The summed E-state index contributed by atoms with van der Waals surface area (Å²) in [5.74, 6) is 0. The zero-order valence-electron chi connectivity index (χ0n) is 11.8. The van der Waals surface area contributed by atoms with Crippen LogP contribution >= 0.6 is 0 Å². The molecule has 0 aliphatic rings. The van der Waals surface area contributed by atoms with Crippen molar-refractivity contribution < 1.29 is 9.47 Å². The summed E-state index contributed by atoms with van der Waals surface area (Å²) in [6.45, 7) is 3.22. The molecule has 0 saturated heterocycles. The minimum absolute atomic E-state index is 0.729. The van der Waals surface area contributed by atoms with Crippen LogP contribution in [-0.2, 0) is 9.47 Å². The van der Waals surface area contributed by atoms with E-state index in [1.54, 1.807) is 14.2 Å². The molecule has 0 aliphatic heterocycles. The van der Waals surface area contributed by atoms with Gasteiger partial charge in [-0.25, -0.2) is 0 Å². The van der Waals surface area contributed by atoms with Gasteiger partial charge in [-0.3, -0.25) is 0 Å². The van der Waals surface area contributed by atoms with Crippen LogP contribution in [0.2, 0.25) is 0 Å². The van der Waals surface area contributed by atoms with Crippen LogP contribution in [0.15, 0.2) is 24.3 Å². The molecule has 0 heterocycles. The second-order valence-corrected chi connectivity index (χ2v) is 4.32. The first-order valence-corrected chi connectivity index (χ1v) is 6.20. The van der Waals surface area contributed by atoms with Gasteiger partial charge in [0.25, 0.3) is 0 Å². The third-order valence-corrected chi connectivity index (χ3v) is 2.97. The average Bonchev–Trinajstić information content (AvgIpc) is 2.42. The average molecular weight is 252 g/mol. The Hall–Kier alpha value is -1.26. The van der Waals surface area contributed by atoms with E-state index in [0.717, 1.165) is 26.3 Å². The summed E-state index contributed by atoms with van der Waals surface area (Å²) in [6, 6.07) is 8.39. The predicted octanol–water partition coefficient (Wildman–Crippen LogP) is 1.85. The first-order chi connectivity index (χ1) is 8.70. The Morgan fingerprint density at radius 2 is 1.22 bits per heavy atom. The fraction of sp³-hybridized carbons (Fsp3) is 0.571. The highest BCUT2D eigenvalue weighted by Gasteiger charge is 2.10. The van der Waals surface area contributed by atoms with Gasteiger partial charge in [-0.05, 0) is 12.1 Å². The quantitative estimate of drug-likeness (QED) is 0.705. The van der Waals surface area contributed by atoms with E-state index in [-0.39, 0.29) is 0 Å². The van der Waals surface area contributed by atoms with E-state index in [2.05, 4.69) is 48.2 Å². The minimum Gasteiger partial charge on any atom is -0.383 e. The fourth-order valence-corrected chi connectivity index (χ4v) is 1.81. The van der Waals surface area contributed by atoms with Gasteiger partial charge in [0.2, 0.25) is 0 Å². The molecule has 4 heteroatoms. The highest BCUT2D eigenvalue weighted by Crippen LogP contribution is 2.27. The second-order valence-electron chi connectivity index (χ2n) is 4.32. The molecule has 0 fully saturated rings. The number of hydrogen-bond acceptors (Lipinski definition) is 4. The van der Waals surface area contributed by atoms with E-state index in [9.17, 15) is 0 Å². The van der Waals surface area contributed by atoms with Crippen LogP contribution in [0.25, 0.3) is 0 Å². The molecule has 0 atom stereocenters. The number of methoxy groups -OCH3 is 2. The van der Waals surface area contributed by atoms with E-state index in [1.807, 2.05) is 0 Å². The molecular weight excluding hydrogens is 228 g/mol. The first kappa shape index (κ1) is 14.8. The van der Waals surface area contributed by atoms with Crippen LogP contribution in [0.4, 0.5) is 11.4 Å². The van der Waals surface area contributed by atoms with Crippen molar-refractivity contribution in [2.75, 3.05) is 64.4 Å². The fourth-order valence-electron chi connectivity index (χ4n) is 1.81. The molecule has 102 valence electrons. The number of hydrogen-bond donors (Lipinski definition) is 0. The Morgan fingerprint density at radius 1 is 0.833 bits per heavy atom. The third kappa shape index (κ3) is 4.20. The van der Waals surface area contributed by atoms with E-state index in [1.165, 1.54) is 11.4 Å². The van der Waals surface area contributed by atoms with E-state index >= 15 is 0 Å². The Balaban J connectivity index is 2.77. The Bertz CT molecular complexity index is 311. The summed E-state index contributed by atoms with van der Waals surface area (Å²) in [6.07, 6.45) is 0. The van der Waals surface area contributed by atoms with Crippen molar-refractivity contribution >= 4 is 11.4 Å². The van der Waals surface area contributed by atoms with Crippen LogP contribution in [-0.4, -0.2) is 54.6 Å². The first-order valence-electron chi connectivity index (χ1n) is 6.20. The number of likely N-dealkylation sites (N-methyl/N-ethyl adjacent to an activating group) is 2. The lowest BCUT2D eigenvalue weighted by atomic mass is 10.2. The summed E-state index contributed by atoms with van der Waals surface area (Å²) in [4.78, 5) is 4.42. The molecule has 0 bridgehead atoms. The largest absolute Gasteiger partial charge is 0.383 e.